The van der Waals surface area contributed by atoms with Gasteiger partial charge in [-0.25, -0.2) is 0 Å². The van der Waals surface area contributed by atoms with Crippen molar-refractivity contribution in [3.63, 3.8) is 0 Å². The van der Waals surface area contributed by atoms with Gasteiger partial charge in [-0.2, -0.15) is 5.10 Å². The highest BCUT2D eigenvalue weighted by atomic mass is 35.5. The molecule has 1 amide bonds. The van der Waals surface area contributed by atoms with Crippen LogP contribution in [0.4, 0.5) is 5.69 Å². The van der Waals surface area contributed by atoms with E-state index in [1.54, 1.807) is 0 Å². The molecule has 0 radical (unpaired) electrons. The highest BCUT2D eigenvalue weighted by Crippen LogP contribution is 2.23. The van der Waals surface area contributed by atoms with Gasteiger partial charge in [0.15, 0.2) is 0 Å². The minimum atomic E-state index is -0.0687. The van der Waals surface area contributed by atoms with Gasteiger partial charge in [0.1, 0.15) is 0 Å². The molecule has 0 aliphatic carbocycles. The van der Waals surface area contributed by atoms with Crippen molar-refractivity contribution in [1.29, 1.82) is 0 Å². The van der Waals surface area contributed by atoms with Crippen molar-refractivity contribution in [3.8, 4) is 0 Å². The van der Waals surface area contributed by atoms with Crippen LogP contribution in [0.15, 0.2) is 24.3 Å². The van der Waals surface area contributed by atoms with Gasteiger partial charge in [0.2, 0.25) is 5.91 Å². The smallest absolute Gasteiger partial charge is 0.226 e. The molecule has 0 saturated heterocycles. The number of aromatic nitrogens is 2. The Kier molecular flexibility index (Phi) is 4.68. The van der Waals surface area contributed by atoms with Crippen LogP contribution in [0.25, 0.3) is 0 Å². The van der Waals surface area contributed by atoms with Crippen LogP contribution in [0, 0.1) is 20.8 Å². The molecule has 1 unspecified atom stereocenters. The summed E-state index contributed by atoms with van der Waals surface area (Å²) in [5.41, 5.74) is 3.73. The molecule has 0 bridgehead atoms. The fourth-order valence-electron chi connectivity index (χ4n) is 2.37. The normalized spacial score (nSPS) is 12.2. The number of carbonyl (C=O) groups excluding carboxylic acids is 1. The summed E-state index contributed by atoms with van der Waals surface area (Å²) in [5.74, 6) is -0.0687. The van der Waals surface area contributed by atoms with E-state index in [9.17, 15) is 4.79 Å². The van der Waals surface area contributed by atoms with E-state index in [4.69, 9.17) is 11.6 Å². The topological polar surface area (TPSA) is 46.9 Å². The number of aryl methyl sites for hydroxylation is 3. The lowest BCUT2D eigenvalue weighted by atomic mass is 10.2. The number of hydrogen-bond donors (Lipinski definition) is 1. The van der Waals surface area contributed by atoms with Crippen LogP contribution in [0.5, 0.6) is 0 Å². The number of nitrogens with one attached hydrogen (secondary N) is 1. The van der Waals surface area contributed by atoms with Crippen molar-refractivity contribution in [3.05, 3.63) is 46.2 Å². The van der Waals surface area contributed by atoms with Crippen molar-refractivity contribution in [2.24, 2.45) is 0 Å². The molecule has 4 nitrogen and oxygen atoms in total. The van der Waals surface area contributed by atoms with Gasteiger partial charge in [0.05, 0.1) is 22.4 Å². The average molecular weight is 306 g/mol. The maximum Gasteiger partial charge on any atom is 0.226 e. The first-order valence-electron chi connectivity index (χ1n) is 6.95. The highest BCUT2D eigenvalue weighted by Gasteiger charge is 2.14. The molecule has 112 valence electrons. The van der Waals surface area contributed by atoms with E-state index in [-0.39, 0.29) is 11.9 Å². The zero-order valence-corrected chi connectivity index (χ0v) is 13.5. The Bertz CT molecular complexity index is 664. The van der Waals surface area contributed by atoms with Gasteiger partial charge in [-0.3, -0.25) is 9.48 Å². The number of hydrogen-bond acceptors (Lipinski definition) is 2. The number of benzene rings is 1. The zero-order chi connectivity index (χ0) is 15.6. The van der Waals surface area contributed by atoms with Crippen molar-refractivity contribution in [2.45, 2.75) is 40.2 Å². The number of carbonyl (C=O) groups is 1. The second-order valence-electron chi connectivity index (χ2n) is 5.46. The first-order valence-corrected chi connectivity index (χ1v) is 7.33. The maximum atomic E-state index is 12.1. The van der Waals surface area contributed by atoms with Crippen molar-refractivity contribution < 1.29 is 4.79 Å². The molecular formula is C16H20ClN3O. The lowest BCUT2D eigenvalue weighted by molar-refractivity contribution is -0.116. The highest BCUT2D eigenvalue weighted by molar-refractivity contribution is 6.33. The van der Waals surface area contributed by atoms with Crippen LogP contribution < -0.4 is 5.32 Å². The second kappa shape index (κ2) is 6.31. The molecule has 1 aromatic carbocycles. The summed E-state index contributed by atoms with van der Waals surface area (Å²) >= 11 is 6.12. The Morgan fingerprint density at radius 2 is 2.05 bits per heavy atom. The van der Waals surface area contributed by atoms with Crippen LogP contribution in [-0.2, 0) is 4.79 Å². The van der Waals surface area contributed by atoms with E-state index in [0.29, 0.717) is 17.1 Å². The van der Waals surface area contributed by atoms with Crippen LogP contribution in [0.1, 0.15) is 36.3 Å². The van der Waals surface area contributed by atoms with Crippen molar-refractivity contribution >= 4 is 23.2 Å². The van der Waals surface area contributed by atoms with E-state index in [0.717, 1.165) is 17.0 Å². The number of nitrogens with zero attached hydrogens (tertiary/aromatic N) is 2. The summed E-state index contributed by atoms with van der Waals surface area (Å²) in [5, 5.41) is 7.82. The Labute approximate surface area is 130 Å². The second-order valence-corrected chi connectivity index (χ2v) is 5.86. The molecule has 1 N–H and O–H groups in total. The van der Waals surface area contributed by atoms with E-state index in [2.05, 4.69) is 10.4 Å². The molecule has 5 heteroatoms. The molecule has 1 heterocycles. The summed E-state index contributed by atoms with van der Waals surface area (Å²) in [6.45, 7) is 7.88. The Morgan fingerprint density at radius 1 is 1.33 bits per heavy atom. The molecule has 0 fully saturated rings. The predicted molar refractivity (Wildman–Crippen MR) is 85.8 cm³/mol. The summed E-state index contributed by atoms with van der Waals surface area (Å²) < 4.78 is 1.88. The SMILES string of the molecule is Cc1ccc(NC(=O)CC(C)n2nc(C)cc2C)c(Cl)c1. The summed E-state index contributed by atoms with van der Waals surface area (Å²) in [6.07, 6.45) is 0.353. The van der Waals surface area contributed by atoms with Crippen LogP contribution in [0.3, 0.4) is 0 Å². The third-order valence-corrected chi connectivity index (χ3v) is 3.65. The van der Waals surface area contributed by atoms with Gasteiger partial charge in [-0.15, -0.1) is 0 Å². The molecule has 0 aliphatic heterocycles. The number of anilines is 1. The van der Waals surface area contributed by atoms with Crippen LogP contribution >= 0.6 is 11.6 Å². The molecule has 21 heavy (non-hydrogen) atoms. The summed E-state index contributed by atoms with van der Waals surface area (Å²) in [6, 6.07) is 7.59. The third-order valence-electron chi connectivity index (χ3n) is 3.34. The largest absolute Gasteiger partial charge is 0.325 e. The summed E-state index contributed by atoms with van der Waals surface area (Å²) in [7, 11) is 0. The first kappa shape index (κ1) is 15.6. The average Bonchev–Trinajstić information content (AvgIpc) is 2.72. The van der Waals surface area contributed by atoms with E-state index >= 15 is 0 Å². The van der Waals surface area contributed by atoms with Gasteiger partial charge in [-0.1, -0.05) is 17.7 Å². The quantitative estimate of drug-likeness (QED) is 0.926. The van der Waals surface area contributed by atoms with E-state index in [1.807, 2.05) is 56.6 Å². The molecule has 2 rings (SSSR count). The number of halogens is 1. The fourth-order valence-corrected chi connectivity index (χ4v) is 2.65. The summed E-state index contributed by atoms with van der Waals surface area (Å²) in [4.78, 5) is 12.1. The monoisotopic (exact) mass is 305 g/mol. The van der Waals surface area contributed by atoms with Crippen molar-refractivity contribution in [2.75, 3.05) is 5.32 Å². The van der Waals surface area contributed by atoms with E-state index < -0.39 is 0 Å². The van der Waals surface area contributed by atoms with Gasteiger partial charge in [0.25, 0.3) is 0 Å². The molecule has 0 saturated carbocycles. The number of rotatable bonds is 4. The molecule has 1 aromatic heterocycles. The Hall–Kier alpha value is -1.81. The van der Waals surface area contributed by atoms with E-state index in [1.165, 1.54) is 0 Å². The molecular weight excluding hydrogens is 286 g/mol. The lowest BCUT2D eigenvalue weighted by Gasteiger charge is -2.15. The minimum Gasteiger partial charge on any atom is -0.325 e. The van der Waals surface area contributed by atoms with Gasteiger partial charge in [0, 0.05) is 12.1 Å². The third kappa shape index (κ3) is 3.85. The van der Waals surface area contributed by atoms with Crippen LogP contribution in [-0.4, -0.2) is 15.7 Å². The molecule has 0 spiro atoms. The van der Waals surface area contributed by atoms with Gasteiger partial charge < -0.3 is 5.32 Å². The molecule has 0 aliphatic rings. The maximum absolute atomic E-state index is 12.1. The standard InChI is InChI=1S/C16H20ClN3O/c1-10-5-6-15(14(17)7-10)18-16(21)9-13(4)20-12(3)8-11(2)19-20/h5-8,13H,9H2,1-4H3,(H,18,21). The van der Waals surface area contributed by atoms with Crippen molar-refractivity contribution in [1.82, 2.24) is 9.78 Å². The number of amides is 1. The first-order chi connectivity index (χ1) is 9.86. The van der Waals surface area contributed by atoms with Gasteiger partial charge >= 0.3 is 0 Å². The van der Waals surface area contributed by atoms with Crippen LogP contribution in [0.2, 0.25) is 5.02 Å². The lowest BCUT2D eigenvalue weighted by Crippen LogP contribution is -2.19. The zero-order valence-electron chi connectivity index (χ0n) is 12.8. The Morgan fingerprint density at radius 3 is 2.62 bits per heavy atom. The minimum absolute atomic E-state index is 0.00271. The predicted octanol–water partition coefficient (Wildman–Crippen LogP) is 4.05. The van der Waals surface area contributed by atoms with Gasteiger partial charge in [-0.05, 0) is 51.5 Å². The molecule has 1 atom stereocenters. The fraction of sp³-hybridized carbons (Fsp3) is 0.375. The molecule has 2 aromatic rings. The Balaban J connectivity index is 2.03.